The number of aromatic nitrogens is 2. The number of nitrogens with zero attached hydrogens (tertiary/aromatic N) is 2. The van der Waals surface area contributed by atoms with E-state index in [1.54, 1.807) is 0 Å². The first kappa shape index (κ1) is 18.9. The van der Waals surface area contributed by atoms with Crippen molar-refractivity contribution in [1.29, 1.82) is 0 Å². The number of hydrogen-bond acceptors (Lipinski definition) is 4. The summed E-state index contributed by atoms with van der Waals surface area (Å²) in [6, 6.07) is 7.31. The molecular weight excluding hydrogens is 346 g/mol. The zero-order valence-electron chi connectivity index (χ0n) is 15.7. The minimum atomic E-state index is -0.876. The number of hydrogen-bond donors (Lipinski definition) is 3. The van der Waals surface area contributed by atoms with Crippen molar-refractivity contribution in [3.8, 4) is 0 Å². The van der Waals surface area contributed by atoms with Crippen LogP contribution in [0.3, 0.4) is 0 Å². The molecule has 1 aliphatic heterocycles. The highest BCUT2D eigenvalue weighted by atomic mass is 16.2. The molecule has 0 atom stereocenters. The number of carbonyl (C=O) groups is 3. The van der Waals surface area contributed by atoms with Crippen LogP contribution in [-0.4, -0.2) is 51.3 Å². The Bertz CT molecular complexity index is 823. The first-order valence-corrected chi connectivity index (χ1v) is 9.33. The summed E-state index contributed by atoms with van der Waals surface area (Å²) in [5, 5.41) is 5.48. The number of carbonyl (C=O) groups excluding carboxylic acids is 3. The van der Waals surface area contributed by atoms with Gasteiger partial charge in [0.15, 0.2) is 0 Å². The largest absolute Gasteiger partial charge is 0.355 e. The molecule has 0 saturated carbocycles. The highest BCUT2D eigenvalue weighted by Gasteiger charge is 2.49. The normalized spacial score (nSPS) is 16.0. The molecule has 3 rings (SSSR count). The molecule has 0 bridgehead atoms. The van der Waals surface area contributed by atoms with Gasteiger partial charge in [-0.15, -0.1) is 0 Å². The quantitative estimate of drug-likeness (QED) is 0.485. The number of urea groups is 1. The molecule has 1 aromatic heterocycles. The number of nitrogens with one attached hydrogen (secondary N) is 3. The molecule has 0 radical (unpaired) electrons. The van der Waals surface area contributed by atoms with Gasteiger partial charge in [0.2, 0.25) is 5.91 Å². The maximum absolute atomic E-state index is 12.5. The summed E-state index contributed by atoms with van der Waals surface area (Å²) in [6.07, 6.45) is 2.42. The second-order valence-electron chi connectivity index (χ2n) is 6.76. The lowest BCUT2D eigenvalue weighted by atomic mass is 9.93. The molecular formula is C19H25N5O3. The van der Waals surface area contributed by atoms with E-state index in [9.17, 15) is 14.4 Å². The second-order valence-corrected chi connectivity index (χ2v) is 6.76. The van der Waals surface area contributed by atoms with Crippen molar-refractivity contribution in [2.45, 2.75) is 45.1 Å². The van der Waals surface area contributed by atoms with Gasteiger partial charge < -0.3 is 15.6 Å². The van der Waals surface area contributed by atoms with E-state index < -0.39 is 11.6 Å². The minimum Gasteiger partial charge on any atom is -0.355 e. The highest BCUT2D eigenvalue weighted by Crippen LogP contribution is 2.24. The molecule has 0 spiro atoms. The van der Waals surface area contributed by atoms with Crippen molar-refractivity contribution in [3.63, 3.8) is 0 Å². The van der Waals surface area contributed by atoms with E-state index in [4.69, 9.17) is 0 Å². The third-order valence-electron chi connectivity index (χ3n) is 5.11. The number of imide groups is 1. The van der Waals surface area contributed by atoms with Crippen LogP contribution in [-0.2, 0) is 16.0 Å². The van der Waals surface area contributed by atoms with E-state index in [2.05, 4.69) is 20.6 Å². The van der Waals surface area contributed by atoms with E-state index in [0.29, 0.717) is 32.2 Å². The number of aryl methyl sites for hydroxylation is 1. The van der Waals surface area contributed by atoms with E-state index in [-0.39, 0.29) is 18.4 Å². The maximum atomic E-state index is 12.5. The van der Waals surface area contributed by atoms with E-state index in [0.717, 1.165) is 21.8 Å². The lowest BCUT2D eigenvalue weighted by Crippen LogP contribution is -2.46. The Morgan fingerprint density at radius 3 is 2.63 bits per heavy atom. The molecule has 0 aliphatic carbocycles. The monoisotopic (exact) mass is 371 g/mol. The van der Waals surface area contributed by atoms with Crippen LogP contribution < -0.4 is 10.6 Å². The summed E-state index contributed by atoms with van der Waals surface area (Å²) in [6.45, 7) is 3.90. The molecule has 2 aromatic rings. The molecule has 27 heavy (non-hydrogen) atoms. The first-order chi connectivity index (χ1) is 13.0. The number of H-pyrrole nitrogens is 1. The van der Waals surface area contributed by atoms with Gasteiger partial charge in [-0.2, -0.15) is 0 Å². The first-order valence-electron chi connectivity index (χ1n) is 9.33. The summed E-state index contributed by atoms with van der Waals surface area (Å²) in [5.74, 6) is 0.205. The molecule has 8 nitrogen and oxygen atoms in total. The van der Waals surface area contributed by atoms with Crippen molar-refractivity contribution in [2.24, 2.45) is 0 Å². The van der Waals surface area contributed by atoms with Crippen LogP contribution in [0, 0.1) is 0 Å². The Balaban J connectivity index is 1.46. The van der Waals surface area contributed by atoms with Crippen LogP contribution in [0.15, 0.2) is 24.3 Å². The molecule has 144 valence electrons. The Morgan fingerprint density at radius 2 is 1.96 bits per heavy atom. The van der Waals surface area contributed by atoms with Gasteiger partial charge >= 0.3 is 6.03 Å². The number of benzene rings is 1. The van der Waals surface area contributed by atoms with Crippen LogP contribution in [0.5, 0.6) is 0 Å². The predicted octanol–water partition coefficient (Wildman–Crippen LogP) is 1.72. The number of amides is 4. The van der Waals surface area contributed by atoms with Crippen molar-refractivity contribution in [1.82, 2.24) is 25.5 Å². The van der Waals surface area contributed by atoms with Gasteiger partial charge in [0.05, 0.1) is 11.0 Å². The smallest absolute Gasteiger partial charge is 0.325 e. The average molecular weight is 371 g/mol. The molecule has 4 amide bonds. The molecule has 1 saturated heterocycles. The van der Waals surface area contributed by atoms with Crippen molar-refractivity contribution >= 4 is 28.9 Å². The summed E-state index contributed by atoms with van der Waals surface area (Å²) in [4.78, 5) is 45.4. The van der Waals surface area contributed by atoms with Gasteiger partial charge in [-0.3, -0.25) is 14.5 Å². The van der Waals surface area contributed by atoms with Crippen LogP contribution in [0.2, 0.25) is 0 Å². The Labute approximate surface area is 157 Å². The third kappa shape index (κ3) is 3.79. The number of fused-ring (bicyclic) bond motifs is 1. The predicted molar refractivity (Wildman–Crippen MR) is 101 cm³/mol. The number of rotatable bonds is 8. The fourth-order valence-corrected chi connectivity index (χ4v) is 3.36. The Hall–Kier alpha value is -2.90. The van der Waals surface area contributed by atoms with Gasteiger partial charge in [0, 0.05) is 13.0 Å². The zero-order valence-corrected chi connectivity index (χ0v) is 15.7. The molecule has 0 unspecified atom stereocenters. The molecule has 8 heteroatoms. The van der Waals surface area contributed by atoms with Crippen LogP contribution in [0.4, 0.5) is 4.79 Å². The standard InChI is InChI=1S/C19H25N5O3/c1-3-19(4-2)17(26)24(18(27)23-19)12-16(25)20-11-7-10-15-21-13-8-5-6-9-14(13)22-15/h5-6,8-9H,3-4,7,10-12H2,1-2H3,(H,20,25)(H,21,22)(H,23,27). The van der Waals surface area contributed by atoms with E-state index in [1.165, 1.54) is 0 Å². The summed E-state index contributed by atoms with van der Waals surface area (Å²) in [5.41, 5.74) is 1.04. The van der Waals surface area contributed by atoms with Gasteiger partial charge in [-0.05, 0) is 31.4 Å². The SMILES string of the molecule is CCC1(CC)NC(=O)N(CC(=O)NCCCc2nc3ccccc3[nH]2)C1=O. The second kappa shape index (κ2) is 7.77. The minimum absolute atomic E-state index is 0.253. The van der Waals surface area contributed by atoms with E-state index in [1.807, 2.05) is 38.1 Å². The zero-order chi connectivity index (χ0) is 19.4. The molecule has 1 aliphatic rings. The summed E-state index contributed by atoms with van der Waals surface area (Å²) in [7, 11) is 0. The summed E-state index contributed by atoms with van der Waals surface area (Å²) >= 11 is 0. The molecule has 1 aromatic carbocycles. The molecule has 2 heterocycles. The summed E-state index contributed by atoms with van der Waals surface area (Å²) < 4.78 is 0. The van der Waals surface area contributed by atoms with E-state index >= 15 is 0 Å². The number of imidazole rings is 1. The Kier molecular flexibility index (Phi) is 5.43. The third-order valence-corrected chi connectivity index (χ3v) is 5.11. The van der Waals surface area contributed by atoms with Gasteiger partial charge in [-0.25, -0.2) is 9.78 Å². The van der Waals surface area contributed by atoms with Crippen molar-refractivity contribution < 1.29 is 14.4 Å². The van der Waals surface area contributed by atoms with Gasteiger partial charge in [0.1, 0.15) is 17.9 Å². The fourth-order valence-electron chi connectivity index (χ4n) is 3.36. The maximum Gasteiger partial charge on any atom is 0.325 e. The highest BCUT2D eigenvalue weighted by molar-refractivity contribution is 6.08. The number of aromatic amines is 1. The fraction of sp³-hybridized carbons (Fsp3) is 0.474. The van der Waals surface area contributed by atoms with Crippen LogP contribution in [0.25, 0.3) is 11.0 Å². The topological polar surface area (TPSA) is 107 Å². The van der Waals surface area contributed by atoms with Crippen molar-refractivity contribution in [2.75, 3.05) is 13.1 Å². The average Bonchev–Trinajstić information content (AvgIpc) is 3.19. The van der Waals surface area contributed by atoms with Crippen LogP contribution in [0.1, 0.15) is 38.9 Å². The lowest BCUT2D eigenvalue weighted by Gasteiger charge is -2.22. The number of para-hydroxylation sites is 2. The van der Waals surface area contributed by atoms with Gasteiger partial charge in [0.25, 0.3) is 5.91 Å². The van der Waals surface area contributed by atoms with Crippen molar-refractivity contribution in [3.05, 3.63) is 30.1 Å². The Morgan fingerprint density at radius 1 is 1.22 bits per heavy atom. The lowest BCUT2D eigenvalue weighted by molar-refractivity contribution is -0.135. The molecule has 1 fully saturated rings. The van der Waals surface area contributed by atoms with Gasteiger partial charge in [-0.1, -0.05) is 26.0 Å². The molecule has 3 N–H and O–H groups in total. The van der Waals surface area contributed by atoms with Crippen LogP contribution >= 0.6 is 0 Å².